The molecule has 0 aromatic carbocycles. The van der Waals surface area contributed by atoms with Crippen LogP contribution in [0.4, 0.5) is 0 Å². The third kappa shape index (κ3) is 3.12. The lowest BCUT2D eigenvalue weighted by atomic mass is 10.0. The van der Waals surface area contributed by atoms with E-state index in [-0.39, 0.29) is 11.6 Å². The molecule has 0 aliphatic carbocycles. The molecule has 0 amide bonds. The van der Waals surface area contributed by atoms with Crippen molar-refractivity contribution >= 4 is 0 Å². The lowest BCUT2D eigenvalue weighted by Crippen LogP contribution is -2.43. The van der Waals surface area contributed by atoms with Gasteiger partial charge in [-0.3, -0.25) is 4.90 Å². The van der Waals surface area contributed by atoms with Crippen molar-refractivity contribution in [2.75, 3.05) is 19.6 Å². The fourth-order valence-electron chi connectivity index (χ4n) is 2.10. The number of hydrogen-bond acceptors (Lipinski definition) is 4. The van der Waals surface area contributed by atoms with Crippen LogP contribution in [0.5, 0.6) is 0 Å². The smallest absolute Gasteiger partial charge is 0.179 e. The number of hydrogen-bond donors (Lipinski definition) is 0. The molecule has 88 valence electrons. The molecule has 1 saturated heterocycles. The van der Waals surface area contributed by atoms with Crippen LogP contribution in [-0.4, -0.2) is 41.0 Å². The first kappa shape index (κ1) is 12.8. The largest absolute Gasteiger partial charge is 0.305 e. The van der Waals surface area contributed by atoms with Crippen molar-refractivity contribution in [1.82, 2.24) is 9.80 Å². The zero-order valence-corrected chi connectivity index (χ0v) is 10.4. The molecule has 16 heavy (non-hydrogen) atoms. The van der Waals surface area contributed by atoms with Gasteiger partial charge >= 0.3 is 0 Å². The van der Waals surface area contributed by atoms with Crippen molar-refractivity contribution in [2.45, 2.75) is 45.2 Å². The fraction of sp³-hybridized carbons (Fsp3) is 0.833. The van der Waals surface area contributed by atoms with Gasteiger partial charge in [0.25, 0.3) is 0 Å². The minimum Gasteiger partial charge on any atom is -0.305 e. The third-order valence-corrected chi connectivity index (χ3v) is 3.19. The van der Waals surface area contributed by atoms with Crippen LogP contribution in [-0.2, 0) is 0 Å². The highest BCUT2D eigenvalue weighted by Gasteiger charge is 2.28. The average Bonchev–Trinajstić information content (AvgIpc) is 2.40. The fourth-order valence-corrected chi connectivity index (χ4v) is 2.10. The van der Waals surface area contributed by atoms with E-state index >= 15 is 0 Å². The zero-order chi connectivity index (χ0) is 12.2. The first-order valence-electron chi connectivity index (χ1n) is 5.77. The predicted octanol–water partition coefficient (Wildman–Crippen LogP) is 1.56. The first-order chi connectivity index (χ1) is 7.49. The highest BCUT2D eigenvalue weighted by Crippen LogP contribution is 2.19. The monoisotopic (exact) mass is 220 g/mol. The maximum Gasteiger partial charge on any atom is 0.179 e. The second-order valence-corrected chi connectivity index (χ2v) is 5.26. The van der Waals surface area contributed by atoms with E-state index in [2.05, 4.69) is 37.9 Å². The van der Waals surface area contributed by atoms with E-state index in [1.807, 2.05) is 0 Å². The Balaban J connectivity index is 2.69. The lowest BCUT2D eigenvalue weighted by molar-refractivity contribution is 0.144. The van der Waals surface area contributed by atoms with E-state index in [0.717, 1.165) is 26.1 Å². The van der Waals surface area contributed by atoms with Crippen LogP contribution in [0.15, 0.2) is 0 Å². The number of nitriles is 2. The van der Waals surface area contributed by atoms with E-state index in [0.29, 0.717) is 6.42 Å². The van der Waals surface area contributed by atoms with Crippen LogP contribution in [0.25, 0.3) is 0 Å². The standard InChI is InChI=1S/C12H20N4/c1-12(2,3)16-7-5-11(4-6-13)15(10-14)8-9-16/h11H,4-5,7-9H2,1-3H3. The van der Waals surface area contributed by atoms with Crippen LogP contribution in [0.3, 0.4) is 0 Å². The Morgan fingerprint density at radius 1 is 1.19 bits per heavy atom. The van der Waals surface area contributed by atoms with Gasteiger partial charge in [-0.2, -0.15) is 10.5 Å². The minimum atomic E-state index is 0.0994. The summed E-state index contributed by atoms with van der Waals surface area (Å²) in [5.41, 5.74) is 0.142. The normalized spacial score (nSPS) is 23.3. The summed E-state index contributed by atoms with van der Waals surface area (Å²) in [6.07, 6.45) is 3.56. The molecule has 4 heteroatoms. The van der Waals surface area contributed by atoms with Crippen LogP contribution in [0.2, 0.25) is 0 Å². The van der Waals surface area contributed by atoms with Crippen LogP contribution in [0, 0.1) is 22.8 Å². The van der Waals surface area contributed by atoms with Gasteiger partial charge in [0.05, 0.1) is 18.5 Å². The number of rotatable bonds is 1. The molecule has 1 unspecified atom stereocenters. The maximum atomic E-state index is 9.05. The zero-order valence-electron chi connectivity index (χ0n) is 10.4. The highest BCUT2D eigenvalue weighted by atomic mass is 15.3. The Bertz CT molecular complexity index is 304. The Morgan fingerprint density at radius 2 is 1.88 bits per heavy atom. The topological polar surface area (TPSA) is 54.1 Å². The Labute approximate surface area is 98.1 Å². The lowest BCUT2D eigenvalue weighted by Gasteiger charge is -2.34. The molecule has 0 aromatic rings. The highest BCUT2D eigenvalue weighted by molar-refractivity contribution is 4.93. The second kappa shape index (κ2) is 5.18. The Morgan fingerprint density at radius 3 is 2.38 bits per heavy atom. The third-order valence-electron chi connectivity index (χ3n) is 3.19. The molecule has 1 rings (SSSR count). The molecule has 1 atom stereocenters. The molecular formula is C12H20N4. The van der Waals surface area contributed by atoms with Crippen molar-refractivity contribution in [1.29, 1.82) is 10.5 Å². The molecule has 0 N–H and O–H groups in total. The SMILES string of the molecule is CC(C)(C)N1CCC(CC#N)N(C#N)CC1. The molecule has 1 fully saturated rings. The van der Waals surface area contributed by atoms with Gasteiger partial charge in [0.2, 0.25) is 0 Å². The van der Waals surface area contributed by atoms with Crippen molar-refractivity contribution in [2.24, 2.45) is 0 Å². The number of nitrogens with zero attached hydrogens (tertiary/aromatic N) is 4. The first-order valence-corrected chi connectivity index (χ1v) is 5.77. The molecule has 0 spiro atoms. The Hall–Kier alpha value is -1.26. The molecule has 1 aliphatic rings. The van der Waals surface area contributed by atoms with Crippen LogP contribution in [0.1, 0.15) is 33.6 Å². The van der Waals surface area contributed by atoms with Gasteiger partial charge in [0.1, 0.15) is 0 Å². The van der Waals surface area contributed by atoms with E-state index in [4.69, 9.17) is 10.5 Å². The molecule has 0 bridgehead atoms. The van der Waals surface area contributed by atoms with Gasteiger partial charge in [-0.25, -0.2) is 0 Å². The maximum absolute atomic E-state index is 9.05. The van der Waals surface area contributed by atoms with Crippen LogP contribution >= 0.6 is 0 Å². The minimum absolute atomic E-state index is 0.0994. The quantitative estimate of drug-likeness (QED) is 0.629. The van der Waals surface area contributed by atoms with Crippen molar-refractivity contribution < 1.29 is 0 Å². The van der Waals surface area contributed by atoms with Gasteiger partial charge in [-0.15, -0.1) is 0 Å². The van der Waals surface area contributed by atoms with Gasteiger partial charge in [0.15, 0.2) is 6.19 Å². The second-order valence-electron chi connectivity index (χ2n) is 5.26. The molecular weight excluding hydrogens is 200 g/mol. The molecule has 1 heterocycles. The van der Waals surface area contributed by atoms with Gasteiger partial charge in [-0.05, 0) is 27.2 Å². The average molecular weight is 220 g/mol. The van der Waals surface area contributed by atoms with E-state index in [9.17, 15) is 0 Å². The summed E-state index contributed by atoms with van der Waals surface area (Å²) in [7, 11) is 0. The van der Waals surface area contributed by atoms with Gasteiger partial charge in [-0.1, -0.05) is 0 Å². The van der Waals surface area contributed by atoms with E-state index in [1.165, 1.54) is 0 Å². The van der Waals surface area contributed by atoms with Crippen molar-refractivity contribution in [3.8, 4) is 12.3 Å². The summed E-state index contributed by atoms with van der Waals surface area (Å²) < 4.78 is 0. The summed E-state index contributed by atoms with van der Waals surface area (Å²) in [6.45, 7) is 9.17. The summed E-state index contributed by atoms with van der Waals surface area (Å²) in [5.74, 6) is 0. The molecule has 0 radical (unpaired) electrons. The predicted molar refractivity (Wildman–Crippen MR) is 62.3 cm³/mol. The van der Waals surface area contributed by atoms with E-state index < -0.39 is 0 Å². The van der Waals surface area contributed by atoms with Gasteiger partial charge < -0.3 is 4.90 Å². The molecule has 1 aliphatic heterocycles. The summed E-state index contributed by atoms with van der Waals surface area (Å²) >= 11 is 0. The summed E-state index contributed by atoms with van der Waals surface area (Å²) in [6, 6.07) is 2.27. The van der Waals surface area contributed by atoms with Crippen molar-refractivity contribution in [3.63, 3.8) is 0 Å². The summed E-state index contributed by atoms with van der Waals surface area (Å²) in [4.78, 5) is 4.14. The molecule has 0 saturated carbocycles. The molecule has 4 nitrogen and oxygen atoms in total. The van der Waals surface area contributed by atoms with Gasteiger partial charge in [0, 0.05) is 25.2 Å². The van der Waals surface area contributed by atoms with Crippen molar-refractivity contribution in [3.05, 3.63) is 0 Å². The molecule has 0 aromatic heterocycles. The summed E-state index contributed by atoms with van der Waals surface area (Å²) in [5, 5.41) is 17.8. The van der Waals surface area contributed by atoms with Crippen LogP contribution < -0.4 is 0 Å². The Kier molecular flexibility index (Phi) is 4.15. The van der Waals surface area contributed by atoms with E-state index in [1.54, 1.807) is 4.90 Å².